The van der Waals surface area contributed by atoms with Crippen molar-refractivity contribution >= 4 is 94.1 Å². The molecule has 0 aromatic rings. The SMILES string of the molecule is CC[C@H](C)[C@@H]1NC(=O)[C@H](C)N(C)C(=O)C[C@@H](C(=O)N2CCCCC2)N(C)C(=O)[C@H](C(C)C)N(C)C(=O)C2(CCCC2)NC(=O)[C@H](CC2CCCCC2Cl)N(C)C(=O)[C@H](CCC2CCC(C(F)(F)F)C(Cl)C2)NC(=O)CN(C)C(=O)[C@H](CC2CCC(C)CC2)N(C)C(=O)CN(C)C(=O)CN(C)C1=O. The van der Waals surface area contributed by atoms with Crippen molar-refractivity contribution in [1.82, 2.24) is 60.0 Å². The fourth-order valence-corrected chi connectivity index (χ4v) is 17.0. The molecule has 2 aliphatic heterocycles. The van der Waals surface area contributed by atoms with Crippen LogP contribution < -0.4 is 16.0 Å². The molecule has 6 fully saturated rings. The molecule has 1 spiro atoms. The van der Waals surface area contributed by atoms with Crippen molar-refractivity contribution in [2.75, 3.05) is 89.1 Å². The Morgan fingerprint density at radius 2 is 1.17 bits per heavy atom. The van der Waals surface area contributed by atoms with Crippen molar-refractivity contribution in [2.45, 2.75) is 260 Å². The van der Waals surface area contributed by atoms with Crippen LogP contribution in [0.25, 0.3) is 0 Å². The van der Waals surface area contributed by atoms with Gasteiger partial charge in [-0.2, -0.15) is 13.2 Å². The topological polar surface area (TPSA) is 270 Å². The van der Waals surface area contributed by atoms with E-state index in [9.17, 15) is 51.5 Å². The molecular weight excluding hydrogens is 1360 g/mol. The third kappa shape index (κ3) is 21.8. The number of hydrogen-bond acceptors (Lipinski definition) is 12. The minimum Gasteiger partial charge on any atom is -0.343 e. The Balaban J connectivity index is 1.44. The van der Waals surface area contributed by atoms with Gasteiger partial charge < -0.3 is 60.0 Å². The molecule has 0 bridgehead atoms. The van der Waals surface area contributed by atoms with Gasteiger partial charge in [-0.15, -0.1) is 23.2 Å². The lowest BCUT2D eigenvalue weighted by Crippen LogP contribution is -2.65. The van der Waals surface area contributed by atoms with E-state index in [1.54, 1.807) is 25.7 Å². The summed E-state index contributed by atoms with van der Waals surface area (Å²) < 4.78 is 42.3. The Hall–Kier alpha value is -5.99. The average molecular weight is 1480 g/mol. The van der Waals surface area contributed by atoms with Crippen LogP contribution in [0.15, 0.2) is 0 Å². The summed E-state index contributed by atoms with van der Waals surface area (Å²) in [5.74, 6) is -11.1. The number of hydrogen-bond donors (Lipinski definition) is 3. The summed E-state index contributed by atoms with van der Waals surface area (Å²) in [6.45, 7) is 9.67. The van der Waals surface area contributed by atoms with Crippen LogP contribution in [0.4, 0.5) is 13.2 Å². The number of halogens is 5. The van der Waals surface area contributed by atoms with Gasteiger partial charge in [0, 0.05) is 80.2 Å². The number of nitrogens with one attached hydrogen (secondary N) is 3. The zero-order valence-corrected chi connectivity index (χ0v) is 64.6. The highest BCUT2D eigenvalue weighted by molar-refractivity contribution is 6.21. The number of carbonyl (C=O) groups excluding carboxylic acids is 12. The molecule has 2 saturated heterocycles. The van der Waals surface area contributed by atoms with Gasteiger partial charge in [-0.3, -0.25) is 57.5 Å². The van der Waals surface area contributed by atoms with Crippen molar-refractivity contribution in [2.24, 2.45) is 41.4 Å². The minimum absolute atomic E-state index is 0.00238. The molecule has 0 aromatic carbocycles. The average Bonchev–Trinajstić information content (AvgIpc) is 1.45. The van der Waals surface area contributed by atoms with Crippen molar-refractivity contribution in [3.05, 3.63) is 0 Å². The van der Waals surface area contributed by atoms with Gasteiger partial charge in [0.15, 0.2) is 0 Å². The molecule has 29 heteroatoms. The number of amides is 12. The molecule has 578 valence electrons. The second kappa shape index (κ2) is 37.8. The lowest BCUT2D eigenvalue weighted by molar-refractivity contribution is -0.182. The molecular formula is C73H119Cl2F3N12O12. The fourth-order valence-electron chi connectivity index (χ4n) is 16.1. The summed E-state index contributed by atoms with van der Waals surface area (Å²) in [5, 5.41) is 7.10. The number of likely N-dealkylation sites (tertiary alicyclic amines) is 1. The van der Waals surface area contributed by atoms with Gasteiger partial charge in [-0.25, -0.2) is 0 Å². The van der Waals surface area contributed by atoms with Crippen LogP contribution in [0, 0.1) is 41.4 Å². The summed E-state index contributed by atoms with van der Waals surface area (Å²) in [5.41, 5.74) is -1.63. The summed E-state index contributed by atoms with van der Waals surface area (Å²) in [7, 11) is 11.2. The molecule has 4 saturated carbocycles. The zero-order chi connectivity index (χ0) is 76.0. The van der Waals surface area contributed by atoms with Gasteiger partial charge in [0.2, 0.25) is 70.9 Å². The summed E-state index contributed by atoms with van der Waals surface area (Å²) >= 11 is 13.5. The molecule has 2 heterocycles. The summed E-state index contributed by atoms with van der Waals surface area (Å²) in [6.07, 6.45) is 5.03. The van der Waals surface area contributed by atoms with Crippen LogP contribution in [0.3, 0.4) is 0 Å². The molecule has 13 atom stereocenters. The predicted octanol–water partition coefficient (Wildman–Crippen LogP) is 6.80. The maximum absolute atomic E-state index is 15.7. The van der Waals surface area contributed by atoms with E-state index in [1.165, 1.54) is 82.9 Å². The van der Waals surface area contributed by atoms with E-state index in [0.29, 0.717) is 64.0 Å². The molecule has 5 unspecified atom stereocenters. The van der Waals surface area contributed by atoms with Gasteiger partial charge in [-0.1, -0.05) is 92.4 Å². The lowest BCUT2D eigenvalue weighted by atomic mass is 9.78. The largest absolute Gasteiger partial charge is 0.393 e. The van der Waals surface area contributed by atoms with Crippen molar-refractivity contribution in [3.63, 3.8) is 0 Å². The summed E-state index contributed by atoms with van der Waals surface area (Å²) in [4.78, 5) is 190. The van der Waals surface area contributed by atoms with Crippen LogP contribution in [0.5, 0.6) is 0 Å². The Kier molecular flexibility index (Phi) is 31.5. The molecule has 3 N–H and O–H groups in total. The van der Waals surface area contributed by atoms with Crippen molar-refractivity contribution < 1.29 is 70.7 Å². The highest BCUT2D eigenvalue weighted by Crippen LogP contribution is 2.44. The second-order valence-corrected chi connectivity index (χ2v) is 32.4. The van der Waals surface area contributed by atoms with Gasteiger partial charge >= 0.3 is 6.18 Å². The van der Waals surface area contributed by atoms with Gasteiger partial charge in [-0.05, 0) is 132 Å². The highest BCUT2D eigenvalue weighted by Gasteiger charge is 2.51. The van der Waals surface area contributed by atoms with E-state index in [0.717, 1.165) is 64.5 Å². The Labute approximate surface area is 613 Å². The first-order valence-electron chi connectivity index (χ1n) is 37.4. The van der Waals surface area contributed by atoms with Gasteiger partial charge in [0.05, 0.1) is 32.0 Å². The third-order valence-electron chi connectivity index (χ3n) is 23.5. The molecule has 12 amide bonds. The van der Waals surface area contributed by atoms with E-state index < -0.39 is 185 Å². The summed E-state index contributed by atoms with van der Waals surface area (Å²) in [6, 6.07) is -9.02. The number of piperidine rings is 1. The molecule has 4 aliphatic carbocycles. The lowest BCUT2D eigenvalue weighted by Gasteiger charge is -2.42. The first-order valence-corrected chi connectivity index (χ1v) is 38.3. The van der Waals surface area contributed by atoms with Crippen LogP contribution in [0.1, 0.15) is 196 Å². The second-order valence-electron chi connectivity index (χ2n) is 31.3. The monoisotopic (exact) mass is 1480 g/mol. The van der Waals surface area contributed by atoms with E-state index >= 15 is 19.2 Å². The van der Waals surface area contributed by atoms with Gasteiger partial charge in [0.25, 0.3) is 0 Å². The smallest absolute Gasteiger partial charge is 0.343 e. The minimum atomic E-state index is -4.53. The van der Waals surface area contributed by atoms with E-state index in [4.69, 9.17) is 23.2 Å². The van der Waals surface area contributed by atoms with Crippen molar-refractivity contribution in [1.29, 1.82) is 0 Å². The third-order valence-corrected chi connectivity index (χ3v) is 24.6. The Morgan fingerprint density at radius 1 is 0.569 bits per heavy atom. The molecule has 0 aromatic heterocycles. The van der Waals surface area contributed by atoms with Crippen LogP contribution >= 0.6 is 23.2 Å². The number of nitrogens with zero attached hydrogens (tertiary/aromatic N) is 9. The first-order chi connectivity index (χ1) is 47.8. The number of likely N-dealkylation sites (N-methyl/N-ethyl adjacent to an activating group) is 8. The Bertz CT molecular complexity index is 2950. The van der Waals surface area contributed by atoms with E-state index in [-0.39, 0.29) is 69.6 Å². The predicted molar refractivity (Wildman–Crippen MR) is 382 cm³/mol. The first kappa shape index (κ1) is 84.9. The van der Waals surface area contributed by atoms with Crippen LogP contribution in [0.2, 0.25) is 0 Å². The molecule has 6 aliphatic rings. The Morgan fingerprint density at radius 3 is 1.75 bits per heavy atom. The fraction of sp³-hybridized carbons (Fsp3) is 0.836. The van der Waals surface area contributed by atoms with Crippen molar-refractivity contribution in [3.8, 4) is 0 Å². The number of carbonyl (C=O) groups is 12. The van der Waals surface area contributed by atoms with E-state index in [1.807, 2.05) is 6.92 Å². The molecule has 24 nitrogen and oxygen atoms in total. The molecule has 0 radical (unpaired) electrons. The van der Waals surface area contributed by atoms with Crippen LogP contribution in [-0.2, 0) is 57.5 Å². The standard InChI is InChI=1S/C73H119Cl2F3N12O12/c1-15-46(5)62-69(100)84(9)42-60(93)82(7)43-61(94)86(11)56(38-49-27-25-45(4)26-28-49)67(98)83(8)41-58(91)79-54(32-30-48-29-31-51(53(75)37-48)73(76,77)78)66(97)87(12)55(39-50-23-17-18-24-52(50)74)65(96)81-72(33-19-20-34-72)71(102)89(14)63(44(2)3)70(101)88(13)57(68(99)90-35-21-16-22-36-90)40-59(92)85(10)47(6)64(95)80-62/h44-57,62-63H,15-43H2,1-14H3,(H,79,91)(H,80,95)(H,81,96)/t45?,46-,47-,48?,49?,50?,51?,52?,53?,54-,55-,56-,57-,62-,63-/m0/s1. The molecule has 6 rings (SSSR count). The normalized spacial score (nSPS) is 31.8. The molecule has 102 heavy (non-hydrogen) atoms. The number of rotatable bonds is 11. The van der Waals surface area contributed by atoms with Gasteiger partial charge in [0.1, 0.15) is 47.8 Å². The quantitative estimate of drug-likeness (QED) is 0.180. The van der Waals surface area contributed by atoms with E-state index in [2.05, 4.69) is 22.9 Å². The number of alkyl halides is 5. The zero-order valence-electron chi connectivity index (χ0n) is 63.1. The maximum Gasteiger partial charge on any atom is 0.393 e. The maximum atomic E-state index is 15.7. The van der Waals surface area contributed by atoms with Crippen LogP contribution in [-0.4, -0.2) is 269 Å². The highest BCUT2D eigenvalue weighted by atomic mass is 35.5.